The lowest BCUT2D eigenvalue weighted by Crippen LogP contribution is -2.12. The van der Waals surface area contributed by atoms with E-state index in [0.29, 0.717) is 0 Å². The Bertz CT molecular complexity index is 638. The number of aromatic nitrogens is 3. The van der Waals surface area contributed by atoms with Gasteiger partial charge in [-0.15, -0.1) is 0 Å². The Morgan fingerprint density at radius 3 is 3.05 bits per heavy atom. The molecule has 0 spiro atoms. The number of rotatable bonds is 3. The Labute approximate surface area is 118 Å². The van der Waals surface area contributed by atoms with E-state index in [1.165, 1.54) is 5.57 Å². The maximum absolute atomic E-state index is 4.68. The summed E-state index contributed by atoms with van der Waals surface area (Å²) in [5.74, 6) is 0. The SMILES string of the molecule is CCn1ccc(/C=C2\CCCN=C2c2cccnc2)n1. The second-order valence-corrected chi connectivity index (χ2v) is 4.84. The van der Waals surface area contributed by atoms with Crippen molar-refractivity contribution in [2.24, 2.45) is 4.99 Å². The van der Waals surface area contributed by atoms with E-state index in [1.54, 1.807) is 6.20 Å². The molecular formula is C16H18N4. The quantitative estimate of drug-likeness (QED) is 0.857. The minimum Gasteiger partial charge on any atom is -0.284 e. The third-order valence-electron chi connectivity index (χ3n) is 3.42. The number of aliphatic imine (C=N–C) groups is 1. The fraction of sp³-hybridized carbons (Fsp3) is 0.312. The summed E-state index contributed by atoms with van der Waals surface area (Å²) in [4.78, 5) is 8.87. The second-order valence-electron chi connectivity index (χ2n) is 4.84. The van der Waals surface area contributed by atoms with E-state index < -0.39 is 0 Å². The molecular weight excluding hydrogens is 248 g/mol. The maximum Gasteiger partial charge on any atom is 0.0854 e. The third kappa shape index (κ3) is 2.69. The van der Waals surface area contributed by atoms with Gasteiger partial charge in [0, 0.05) is 37.2 Å². The van der Waals surface area contributed by atoms with E-state index in [0.717, 1.165) is 42.9 Å². The molecule has 0 unspecified atom stereocenters. The summed E-state index contributed by atoms with van der Waals surface area (Å²) in [7, 11) is 0. The molecule has 1 aliphatic rings. The molecule has 0 aliphatic carbocycles. The van der Waals surface area contributed by atoms with Crippen molar-refractivity contribution >= 4 is 11.8 Å². The van der Waals surface area contributed by atoms with Crippen LogP contribution in [-0.2, 0) is 6.54 Å². The summed E-state index contributed by atoms with van der Waals surface area (Å²) in [6.45, 7) is 3.88. The molecule has 0 saturated heterocycles. The van der Waals surface area contributed by atoms with Crippen LogP contribution in [0.4, 0.5) is 0 Å². The summed E-state index contributed by atoms with van der Waals surface area (Å²) in [6.07, 6.45) is 9.98. The molecule has 4 nitrogen and oxygen atoms in total. The highest BCUT2D eigenvalue weighted by atomic mass is 15.3. The molecule has 0 amide bonds. The number of hydrogen-bond acceptors (Lipinski definition) is 3. The van der Waals surface area contributed by atoms with Gasteiger partial charge in [0.05, 0.1) is 11.4 Å². The zero-order valence-electron chi connectivity index (χ0n) is 11.7. The first kappa shape index (κ1) is 12.8. The molecule has 4 heteroatoms. The molecule has 0 N–H and O–H groups in total. The van der Waals surface area contributed by atoms with Gasteiger partial charge < -0.3 is 0 Å². The van der Waals surface area contributed by atoms with Crippen LogP contribution >= 0.6 is 0 Å². The highest BCUT2D eigenvalue weighted by Gasteiger charge is 2.14. The molecule has 1 aliphatic heterocycles. The lowest BCUT2D eigenvalue weighted by molar-refractivity contribution is 0.658. The fourth-order valence-electron chi connectivity index (χ4n) is 2.41. The minimum absolute atomic E-state index is 0.894. The smallest absolute Gasteiger partial charge is 0.0854 e. The van der Waals surface area contributed by atoms with Crippen LogP contribution in [0.3, 0.4) is 0 Å². The normalized spacial score (nSPS) is 17.2. The van der Waals surface area contributed by atoms with E-state index in [4.69, 9.17) is 0 Å². The second kappa shape index (κ2) is 5.82. The molecule has 0 radical (unpaired) electrons. The van der Waals surface area contributed by atoms with Crippen LogP contribution in [0.15, 0.2) is 47.4 Å². The van der Waals surface area contributed by atoms with Crippen LogP contribution in [0.5, 0.6) is 0 Å². The van der Waals surface area contributed by atoms with Gasteiger partial charge in [0.25, 0.3) is 0 Å². The molecule has 20 heavy (non-hydrogen) atoms. The summed E-state index contributed by atoms with van der Waals surface area (Å²) < 4.78 is 1.94. The first-order valence-electron chi connectivity index (χ1n) is 7.06. The molecule has 102 valence electrons. The summed E-state index contributed by atoms with van der Waals surface area (Å²) in [6, 6.07) is 6.07. The van der Waals surface area contributed by atoms with E-state index in [9.17, 15) is 0 Å². The molecule has 0 atom stereocenters. The zero-order chi connectivity index (χ0) is 13.8. The molecule has 0 bridgehead atoms. The summed E-state index contributed by atoms with van der Waals surface area (Å²) in [5, 5.41) is 4.52. The Balaban J connectivity index is 1.94. The summed E-state index contributed by atoms with van der Waals surface area (Å²) in [5.41, 5.74) is 4.41. The average Bonchev–Trinajstić information content (AvgIpc) is 2.96. The average molecular weight is 266 g/mol. The minimum atomic E-state index is 0.894. The fourth-order valence-corrected chi connectivity index (χ4v) is 2.41. The molecule has 3 rings (SSSR count). The molecule has 3 heterocycles. The Morgan fingerprint density at radius 1 is 1.35 bits per heavy atom. The van der Waals surface area contributed by atoms with Gasteiger partial charge in [-0.2, -0.15) is 5.10 Å². The lowest BCUT2D eigenvalue weighted by Gasteiger charge is -2.15. The predicted octanol–water partition coefficient (Wildman–Crippen LogP) is 2.96. The predicted molar refractivity (Wildman–Crippen MR) is 80.8 cm³/mol. The molecule has 0 saturated carbocycles. The van der Waals surface area contributed by atoms with Gasteiger partial charge in [0.15, 0.2) is 0 Å². The number of pyridine rings is 1. The topological polar surface area (TPSA) is 43.1 Å². The first-order valence-corrected chi connectivity index (χ1v) is 7.06. The summed E-state index contributed by atoms with van der Waals surface area (Å²) >= 11 is 0. The lowest BCUT2D eigenvalue weighted by atomic mass is 9.96. The van der Waals surface area contributed by atoms with Crippen LogP contribution < -0.4 is 0 Å². The van der Waals surface area contributed by atoms with E-state index in [2.05, 4.69) is 34.1 Å². The Morgan fingerprint density at radius 2 is 2.30 bits per heavy atom. The van der Waals surface area contributed by atoms with Crippen LogP contribution in [0.2, 0.25) is 0 Å². The number of hydrogen-bond donors (Lipinski definition) is 0. The first-order chi connectivity index (χ1) is 9.86. The monoisotopic (exact) mass is 266 g/mol. The van der Waals surface area contributed by atoms with Crippen molar-refractivity contribution in [1.29, 1.82) is 0 Å². The van der Waals surface area contributed by atoms with Gasteiger partial charge >= 0.3 is 0 Å². The number of aryl methyl sites for hydroxylation is 1. The molecule has 0 aromatic carbocycles. The maximum atomic E-state index is 4.68. The van der Waals surface area contributed by atoms with Crippen LogP contribution in [0, 0.1) is 0 Å². The van der Waals surface area contributed by atoms with Gasteiger partial charge in [-0.1, -0.05) is 0 Å². The van der Waals surface area contributed by atoms with E-state index in [1.807, 2.05) is 29.2 Å². The van der Waals surface area contributed by atoms with Crippen molar-refractivity contribution in [3.8, 4) is 0 Å². The largest absolute Gasteiger partial charge is 0.284 e. The van der Waals surface area contributed by atoms with Crippen molar-refractivity contribution in [1.82, 2.24) is 14.8 Å². The van der Waals surface area contributed by atoms with Crippen molar-refractivity contribution < 1.29 is 0 Å². The van der Waals surface area contributed by atoms with Gasteiger partial charge in [0.2, 0.25) is 0 Å². The van der Waals surface area contributed by atoms with E-state index >= 15 is 0 Å². The number of nitrogens with zero attached hydrogens (tertiary/aromatic N) is 4. The third-order valence-corrected chi connectivity index (χ3v) is 3.42. The zero-order valence-corrected chi connectivity index (χ0v) is 11.7. The molecule has 2 aromatic rings. The van der Waals surface area contributed by atoms with Gasteiger partial charge in [-0.05, 0) is 49.6 Å². The molecule has 2 aromatic heterocycles. The van der Waals surface area contributed by atoms with Crippen molar-refractivity contribution in [2.75, 3.05) is 6.54 Å². The van der Waals surface area contributed by atoms with Gasteiger partial charge in [-0.25, -0.2) is 0 Å². The van der Waals surface area contributed by atoms with Crippen LogP contribution in [0.1, 0.15) is 31.0 Å². The van der Waals surface area contributed by atoms with Gasteiger partial charge in [-0.3, -0.25) is 14.7 Å². The molecule has 0 fully saturated rings. The van der Waals surface area contributed by atoms with Crippen molar-refractivity contribution in [2.45, 2.75) is 26.3 Å². The van der Waals surface area contributed by atoms with Gasteiger partial charge in [0.1, 0.15) is 0 Å². The standard InChI is InChI=1S/C16H18N4/c1-2-20-10-7-15(19-20)11-13-5-4-9-18-16(13)14-6-3-8-17-12-14/h3,6-8,10-12H,2,4-5,9H2,1H3/b13-11+. The van der Waals surface area contributed by atoms with Crippen molar-refractivity contribution in [3.05, 3.63) is 53.6 Å². The Kier molecular flexibility index (Phi) is 3.72. The highest BCUT2D eigenvalue weighted by molar-refractivity contribution is 6.15. The highest BCUT2D eigenvalue weighted by Crippen LogP contribution is 2.21. The van der Waals surface area contributed by atoms with Crippen molar-refractivity contribution in [3.63, 3.8) is 0 Å². The number of allylic oxidation sites excluding steroid dienone is 1. The Hall–Kier alpha value is -2.23. The van der Waals surface area contributed by atoms with Crippen LogP contribution in [-0.4, -0.2) is 27.0 Å². The van der Waals surface area contributed by atoms with Crippen LogP contribution in [0.25, 0.3) is 6.08 Å². The van der Waals surface area contributed by atoms with E-state index in [-0.39, 0.29) is 0 Å².